The van der Waals surface area contributed by atoms with Crippen molar-refractivity contribution in [2.45, 2.75) is 32.1 Å². The molecule has 0 amide bonds. The van der Waals surface area contributed by atoms with Gasteiger partial charge in [0.05, 0.1) is 0 Å². The molecule has 2 nitrogen and oxygen atoms in total. The fourth-order valence-electron chi connectivity index (χ4n) is 2.25. The Morgan fingerprint density at radius 3 is 3.21 bits per heavy atom. The van der Waals surface area contributed by atoms with Crippen LogP contribution in [0.2, 0.25) is 0 Å². The lowest BCUT2D eigenvalue weighted by molar-refractivity contribution is 0.459. The first-order valence-corrected chi connectivity index (χ1v) is 5.55. The summed E-state index contributed by atoms with van der Waals surface area (Å²) in [5, 5.41) is 3.46. The fraction of sp³-hybridized carbons (Fsp3) is 0.583. The zero-order valence-corrected chi connectivity index (χ0v) is 8.79. The highest BCUT2D eigenvalue weighted by Crippen LogP contribution is 2.25. The number of aromatic nitrogens is 1. The minimum Gasteiger partial charge on any atom is -0.316 e. The van der Waals surface area contributed by atoms with Gasteiger partial charge in [0, 0.05) is 18.9 Å². The van der Waals surface area contributed by atoms with Crippen LogP contribution in [0.5, 0.6) is 0 Å². The minimum atomic E-state index is 0.710. The maximum Gasteiger partial charge on any atom is 0.0302 e. The highest BCUT2D eigenvalue weighted by atomic mass is 14.9. The summed E-state index contributed by atoms with van der Waals surface area (Å²) in [4.78, 5) is 4.19. The van der Waals surface area contributed by atoms with Crippen molar-refractivity contribution in [1.29, 1.82) is 0 Å². The molecule has 2 rings (SSSR count). The molecule has 1 atom stereocenters. The third-order valence-corrected chi connectivity index (χ3v) is 3.06. The van der Waals surface area contributed by atoms with Crippen LogP contribution in [0.4, 0.5) is 0 Å². The van der Waals surface area contributed by atoms with E-state index >= 15 is 0 Å². The summed E-state index contributed by atoms with van der Waals surface area (Å²) in [5.74, 6) is 0.710. The zero-order valence-electron chi connectivity index (χ0n) is 8.79. The van der Waals surface area contributed by atoms with E-state index in [4.69, 9.17) is 0 Å². The molecule has 2 heterocycles. The molecule has 1 aliphatic heterocycles. The summed E-state index contributed by atoms with van der Waals surface area (Å²) >= 11 is 0. The average Bonchev–Trinajstić information content (AvgIpc) is 2.30. The van der Waals surface area contributed by atoms with Crippen LogP contribution in [-0.4, -0.2) is 18.1 Å². The monoisotopic (exact) mass is 190 g/mol. The SMILES string of the molecule is CCc1cnccc1C1CCCNC1. The Morgan fingerprint density at radius 2 is 2.50 bits per heavy atom. The number of hydrogen-bond acceptors (Lipinski definition) is 2. The normalized spacial score (nSPS) is 22.2. The number of piperidine rings is 1. The van der Waals surface area contributed by atoms with E-state index in [0.29, 0.717) is 5.92 Å². The molecule has 0 aliphatic carbocycles. The van der Waals surface area contributed by atoms with Gasteiger partial charge in [-0.05, 0) is 48.9 Å². The van der Waals surface area contributed by atoms with Crippen molar-refractivity contribution in [1.82, 2.24) is 10.3 Å². The standard InChI is InChI=1S/C12H18N2/c1-2-10-8-14-7-5-12(10)11-4-3-6-13-9-11/h5,7-8,11,13H,2-4,6,9H2,1H3. The maximum absolute atomic E-state index is 4.19. The van der Waals surface area contributed by atoms with E-state index in [1.54, 1.807) is 0 Å². The van der Waals surface area contributed by atoms with Crippen molar-refractivity contribution in [3.05, 3.63) is 29.6 Å². The third kappa shape index (κ3) is 1.95. The van der Waals surface area contributed by atoms with Crippen LogP contribution in [0.25, 0.3) is 0 Å². The molecule has 1 aromatic heterocycles. The molecule has 1 N–H and O–H groups in total. The molecular weight excluding hydrogens is 172 g/mol. The first-order valence-electron chi connectivity index (χ1n) is 5.55. The van der Waals surface area contributed by atoms with Gasteiger partial charge in [0.15, 0.2) is 0 Å². The molecule has 1 unspecified atom stereocenters. The topological polar surface area (TPSA) is 24.9 Å². The quantitative estimate of drug-likeness (QED) is 0.772. The predicted octanol–water partition coefficient (Wildman–Crippen LogP) is 2.11. The number of aryl methyl sites for hydroxylation is 1. The van der Waals surface area contributed by atoms with Crippen molar-refractivity contribution in [3.63, 3.8) is 0 Å². The minimum absolute atomic E-state index is 0.710. The van der Waals surface area contributed by atoms with Gasteiger partial charge in [-0.3, -0.25) is 4.98 Å². The lowest BCUT2D eigenvalue weighted by Crippen LogP contribution is -2.28. The van der Waals surface area contributed by atoms with Crippen LogP contribution in [0.1, 0.15) is 36.8 Å². The van der Waals surface area contributed by atoms with E-state index in [9.17, 15) is 0 Å². The number of nitrogens with one attached hydrogen (secondary N) is 1. The summed E-state index contributed by atoms with van der Waals surface area (Å²) in [5.41, 5.74) is 2.93. The van der Waals surface area contributed by atoms with Gasteiger partial charge >= 0.3 is 0 Å². The summed E-state index contributed by atoms with van der Waals surface area (Å²) in [7, 11) is 0. The Morgan fingerprint density at radius 1 is 1.57 bits per heavy atom. The van der Waals surface area contributed by atoms with Crippen molar-refractivity contribution in [2.75, 3.05) is 13.1 Å². The number of pyridine rings is 1. The molecular formula is C12H18N2. The van der Waals surface area contributed by atoms with Crippen LogP contribution in [0, 0.1) is 0 Å². The molecule has 76 valence electrons. The molecule has 2 heteroatoms. The smallest absolute Gasteiger partial charge is 0.0302 e. The Balaban J connectivity index is 2.20. The van der Waals surface area contributed by atoms with Gasteiger partial charge in [-0.1, -0.05) is 6.92 Å². The van der Waals surface area contributed by atoms with Gasteiger partial charge in [0.1, 0.15) is 0 Å². The fourth-order valence-corrected chi connectivity index (χ4v) is 2.25. The van der Waals surface area contributed by atoms with Crippen molar-refractivity contribution < 1.29 is 0 Å². The average molecular weight is 190 g/mol. The van der Waals surface area contributed by atoms with Crippen molar-refractivity contribution in [3.8, 4) is 0 Å². The molecule has 1 aliphatic rings. The predicted molar refractivity (Wildman–Crippen MR) is 58.5 cm³/mol. The maximum atomic E-state index is 4.19. The first kappa shape index (κ1) is 9.66. The first-order chi connectivity index (χ1) is 6.92. The molecule has 0 bridgehead atoms. The second-order valence-corrected chi connectivity index (χ2v) is 3.97. The number of hydrogen-bond donors (Lipinski definition) is 1. The largest absolute Gasteiger partial charge is 0.316 e. The lowest BCUT2D eigenvalue weighted by atomic mass is 9.89. The molecule has 1 aromatic rings. The van der Waals surface area contributed by atoms with Crippen molar-refractivity contribution in [2.24, 2.45) is 0 Å². The summed E-state index contributed by atoms with van der Waals surface area (Å²) in [6, 6.07) is 2.19. The lowest BCUT2D eigenvalue weighted by Gasteiger charge is -2.24. The Hall–Kier alpha value is -0.890. The summed E-state index contributed by atoms with van der Waals surface area (Å²) in [6.07, 6.45) is 7.66. The number of nitrogens with zero attached hydrogens (tertiary/aromatic N) is 1. The van der Waals surface area contributed by atoms with Crippen LogP contribution < -0.4 is 5.32 Å². The van der Waals surface area contributed by atoms with Gasteiger partial charge in [-0.15, -0.1) is 0 Å². The second-order valence-electron chi connectivity index (χ2n) is 3.97. The van der Waals surface area contributed by atoms with Gasteiger partial charge < -0.3 is 5.32 Å². The van der Waals surface area contributed by atoms with E-state index in [2.05, 4.69) is 23.3 Å². The van der Waals surface area contributed by atoms with E-state index in [1.807, 2.05) is 12.4 Å². The van der Waals surface area contributed by atoms with Gasteiger partial charge in [0.25, 0.3) is 0 Å². The van der Waals surface area contributed by atoms with Crippen LogP contribution in [0.3, 0.4) is 0 Å². The molecule has 1 fully saturated rings. The highest BCUT2D eigenvalue weighted by Gasteiger charge is 2.16. The van der Waals surface area contributed by atoms with Gasteiger partial charge in [0.2, 0.25) is 0 Å². The van der Waals surface area contributed by atoms with Crippen LogP contribution in [0.15, 0.2) is 18.5 Å². The molecule has 0 saturated carbocycles. The highest BCUT2D eigenvalue weighted by molar-refractivity contribution is 5.27. The Labute approximate surface area is 85.7 Å². The van der Waals surface area contributed by atoms with E-state index in [1.165, 1.54) is 30.5 Å². The van der Waals surface area contributed by atoms with Crippen molar-refractivity contribution >= 4 is 0 Å². The van der Waals surface area contributed by atoms with E-state index in [-0.39, 0.29) is 0 Å². The van der Waals surface area contributed by atoms with Gasteiger partial charge in [-0.25, -0.2) is 0 Å². The third-order valence-electron chi connectivity index (χ3n) is 3.06. The van der Waals surface area contributed by atoms with E-state index in [0.717, 1.165) is 13.0 Å². The molecule has 0 radical (unpaired) electrons. The molecule has 0 aromatic carbocycles. The van der Waals surface area contributed by atoms with Crippen LogP contribution in [-0.2, 0) is 6.42 Å². The summed E-state index contributed by atoms with van der Waals surface area (Å²) in [6.45, 7) is 4.52. The molecule has 0 spiro atoms. The van der Waals surface area contributed by atoms with Gasteiger partial charge in [-0.2, -0.15) is 0 Å². The Bertz CT molecular complexity index is 290. The molecule has 1 saturated heterocycles. The van der Waals surface area contributed by atoms with Crippen LogP contribution >= 0.6 is 0 Å². The molecule has 14 heavy (non-hydrogen) atoms. The number of rotatable bonds is 2. The second kappa shape index (κ2) is 4.56. The van der Waals surface area contributed by atoms with E-state index < -0.39 is 0 Å². The zero-order chi connectivity index (χ0) is 9.80. The Kier molecular flexibility index (Phi) is 3.14. The summed E-state index contributed by atoms with van der Waals surface area (Å²) < 4.78 is 0.